The van der Waals surface area contributed by atoms with Crippen molar-refractivity contribution in [1.29, 1.82) is 0 Å². The van der Waals surface area contributed by atoms with Crippen LogP contribution in [0.15, 0.2) is 71.8 Å². The van der Waals surface area contributed by atoms with Crippen LogP contribution in [0.2, 0.25) is 8.26 Å². The van der Waals surface area contributed by atoms with Gasteiger partial charge in [0, 0.05) is 0 Å². The van der Waals surface area contributed by atoms with Gasteiger partial charge in [0.2, 0.25) is 0 Å². The van der Waals surface area contributed by atoms with Crippen LogP contribution in [0.4, 0.5) is 0 Å². The van der Waals surface area contributed by atoms with E-state index in [0.717, 1.165) is 12.8 Å². The summed E-state index contributed by atoms with van der Waals surface area (Å²) in [6.45, 7) is 38.1. The van der Waals surface area contributed by atoms with E-state index in [1.54, 1.807) is 22.3 Å². The van der Waals surface area contributed by atoms with Crippen molar-refractivity contribution in [2.24, 2.45) is 0 Å². The molecule has 7 rings (SSSR count). The van der Waals surface area contributed by atoms with Crippen LogP contribution in [0.5, 0.6) is 0 Å². The second kappa shape index (κ2) is 15.7. The summed E-state index contributed by atoms with van der Waals surface area (Å²) in [5, 5.41) is 0. The monoisotopic (exact) mass is 878 g/mol. The zero-order valence-corrected chi connectivity index (χ0v) is 42.1. The standard InChI is InChI=1S/2C26H33.C2H4.2ClH.Zr/c2*1-9-18-12-23-17(2)10-11-22(24(23)13-18)19-14-20(25(3,4)5)16-21(15-19)26(6,7)8;1-2;;;/h2*10-16H,9H2,1-8H3;1-2H2;2*1H;/q;;;;;+2/p-2. The normalized spacial score (nSPS) is 18.0. The number of hydrogen-bond donors (Lipinski definition) is 0. The van der Waals surface area contributed by atoms with Gasteiger partial charge >= 0.3 is 343 Å². The van der Waals surface area contributed by atoms with E-state index in [9.17, 15) is 0 Å². The van der Waals surface area contributed by atoms with E-state index >= 15 is 0 Å². The predicted octanol–water partition coefficient (Wildman–Crippen LogP) is 10.2. The molecule has 0 aromatic heterocycles. The molecule has 4 aromatic carbocycles. The molecule has 0 bridgehead atoms. The maximum absolute atomic E-state index is 2.92. The van der Waals surface area contributed by atoms with Crippen LogP contribution >= 0.6 is 0 Å². The van der Waals surface area contributed by atoms with Crippen molar-refractivity contribution in [2.75, 3.05) is 0 Å². The van der Waals surface area contributed by atoms with Crippen molar-refractivity contribution in [3.05, 3.63) is 127 Å². The van der Waals surface area contributed by atoms with Crippen LogP contribution in [-0.4, -0.2) is 0 Å². The minimum Gasteiger partial charge on any atom is -1.00 e. The van der Waals surface area contributed by atoms with Gasteiger partial charge in [0.25, 0.3) is 0 Å². The molecule has 2 atom stereocenters. The Kier molecular flexibility index (Phi) is 12.6. The first-order chi connectivity index (χ1) is 25.5. The second-order valence-electron chi connectivity index (χ2n) is 21.9. The molecule has 2 aliphatic carbocycles. The van der Waals surface area contributed by atoms with Crippen molar-refractivity contribution in [3.8, 4) is 22.3 Å². The molecule has 0 saturated carbocycles. The Hall–Kier alpha value is -2.18. The van der Waals surface area contributed by atoms with Crippen molar-refractivity contribution < 1.29 is 45.1 Å². The van der Waals surface area contributed by atoms with Gasteiger partial charge in [-0.05, 0) is 0 Å². The second-order valence-corrected chi connectivity index (χ2v) is 33.2. The molecule has 0 nitrogen and oxygen atoms in total. The van der Waals surface area contributed by atoms with Crippen LogP contribution < -0.4 is 24.8 Å². The molecule has 1 aliphatic heterocycles. The van der Waals surface area contributed by atoms with E-state index in [1.165, 1.54) is 75.0 Å². The van der Waals surface area contributed by atoms with E-state index in [0.29, 0.717) is 7.25 Å². The topological polar surface area (TPSA) is 0 Å². The minimum atomic E-state index is -2.92. The number of aryl methyl sites for hydroxylation is 2. The SMILES string of the molecule is CCC1=Cc2c(-c3cc(C(C)(C)C)cc(C(C)(C)C)c3)ccc(C)c2[CH]1[Zr+2]1([CH]2C(CC)=Cc3c(-c4cc(C(C)(C)C)cc(C(C)(C)C)c4)ccc(C)c32)[CH2][CH2]1.[Cl-].[Cl-]. The summed E-state index contributed by atoms with van der Waals surface area (Å²) in [5.41, 5.74) is 24.7. The fraction of sp³-hybridized carbons (Fsp3) is 0.481. The third kappa shape index (κ3) is 8.19. The molecule has 3 aliphatic rings. The third-order valence-electron chi connectivity index (χ3n) is 13.7. The summed E-state index contributed by atoms with van der Waals surface area (Å²) in [5.74, 6) is 0. The molecule has 1 fully saturated rings. The average Bonchev–Trinajstić information content (AvgIpc) is 3.61. The van der Waals surface area contributed by atoms with Gasteiger partial charge in [0.1, 0.15) is 0 Å². The zero-order chi connectivity index (χ0) is 40.2. The molecule has 304 valence electrons. The fourth-order valence-electron chi connectivity index (χ4n) is 10.1. The molecule has 2 unspecified atom stereocenters. The summed E-state index contributed by atoms with van der Waals surface area (Å²) in [4.78, 5) is 0. The third-order valence-corrected chi connectivity index (χ3v) is 26.7. The van der Waals surface area contributed by atoms with E-state index in [4.69, 9.17) is 0 Å². The molecule has 57 heavy (non-hydrogen) atoms. The van der Waals surface area contributed by atoms with Crippen molar-refractivity contribution >= 4 is 12.2 Å². The van der Waals surface area contributed by atoms with E-state index in [2.05, 4.69) is 184 Å². The number of halogens is 2. The summed E-state index contributed by atoms with van der Waals surface area (Å²) in [6, 6.07) is 24.9. The van der Waals surface area contributed by atoms with Crippen LogP contribution in [0.3, 0.4) is 0 Å². The molecule has 4 aromatic rings. The Morgan fingerprint density at radius 3 is 1.02 bits per heavy atom. The van der Waals surface area contributed by atoms with Gasteiger partial charge in [-0.1, -0.05) is 0 Å². The van der Waals surface area contributed by atoms with Gasteiger partial charge < -0.3 is 24.8 Å². The zero-order valence-electron chi connectivity index (χ0n) is 38.2. The maximum atomic E-state index is 2.69. The molecular formula is C54H70Cl2Zr. The summed E-state index contributed by atoms with van der Waals surface area (Å²) >= 11 is -2.92. The Morgan fingerprint density at radius 2 is 0.772 bits per heavy atom. The summed E-state index contributed by atoms with van der Waals surface area (Å²) in [7, 11) is 0. The quantitative estimate of drug-likeness (QED) is 0.181. The molecular weight excluding hydrogens is 811 g/mol. The van der Waals surface area contributed by atoms with Crippen LogP contribution in [0, 0.1) is 13.8 Å². The smallest absolute Gasteiger partial charge is 1.00 e. The first kappa shape index (κ1) is 45.9. The molecule has 0 N–H and O–H groups in total. The molecule has 1 saturated heterocycles. The first-order valence-electron chi connectivity index (χ1n) is 21.5. The van der Waals surface area contributed by atoms with E-state index < -0.39 is 20.3 Å². The van der Waals surface area contributed by atoms with Gasteiger partial charge in [0.05, 0.1) is 0 Å². The van der Waals surface area contributed by atoms with Crippen LogP contribution in [0.1, 0.15) is 173 Å². The molecule has 0 radical (unpaired) electrons. The van der Waals surface area contributed by atoms with Crippen LogP contribution in [-0.2, 0) is 41.9 Å². The number of benzene rings is 4. The Morgan fingerprint density at radius 1 is 0.474 bits per heavy atom. The van der Waals surface area contributed by atoms with Gasteiger partial charge in [0.15, 0.2) is 0 Å². The molecule has 1 heterocycles. The van der Waals surface area contributed by atoms with E-state index in [1.807, 2.05) is 0 Å². The van der Waals surface area contributed by atoms with Gasteiger partial charge in [-0.3, -0.25) is 0 Å². The van der Waals surface area contributed by atoms with Crippen molar-refractivity contribution in [1.82, 2.24) is 0 Å². The first-order valence-corrected chi connectivity index (χ1v) is 27.8. The van der Waals surface area contributed by atoms with Crippen molar-refractivity contribution in [2.45, 2.75) is 161 Å². The largest absolute Gasteiger partial charge is 1.00 e. The number of fused-ring (bicyclic) bond motifs is 2. The van der Waals surface area contributed by atoms with Crippen LogP contribution in [0.25, 0.3) is 34.4 Å². The number of rotatable bonds is 6. The molecule has 0 amide bonds. The van der Waals surface area contributed by atoms with E-state index in [-0.39, 0.29) is 46.5 Å². The fourth-order valence-corrected chi connectivity index (χ4v) is 28.4. The van der Waals surface area contributed by atoms with Gasteiger partial charge in [-0.2, -0.15) is 0 Å². The Labute approximate surface area is 365 Å². The minimum absolute atomic E-state index is 0. The number of allylic oxidation sites excluding steroid dienone is 2. The van der Waals surface area contributed by atoms with Crippen molar-refractivity contribution in [3.63, 3.8) is 0 Å². The molecule has 0 spiro atoms. The maximum Gasteiger partial charge on any atom is -1.00 e. The molecule has 3 heteroatoms. The average molecular weight is 881 g/mol. The predicted molar refractivity (Wildman–Crippen MR) is 240 cm³/mol. The van der Waals surface area contributed by atoms with Gasteiger partial charge in [-0.25, -0.2) is 0 Å². The van der Waals surface area contributed by atoms with Gasteiger partial charge in [-0.15, -0.1) is 0 Å². The summed E-state index contributed by atoms with van der Waals surface area (Å²) < 4.78 is 4.28. The summed E-state index contributed by atoms with van der Waals surface area (Å²) in [6.07, 6.45) is 7.68. The number of hydrogen-bond acceptors (Lipinski definition) is 0. The Balaban J connectivity index is 0.00000310. The Bertz CT molecular complexity index is 2030.